The number of amides is 1. The number of rotatable bonds is 6. The van der Waals surface area contributed by atoms with Crippen molar-refractivity contribution in [1.82, 2.24) is 4.90 Å². The standard InChI is InChI=1S/C25H24ClIN4O4/c1-16(35-28)23(24(27)20-8-4-6-17-5-2-3-7-19(17)20)25(32)30-13-11-29(12-14-30)22-10-9-18(31(33)34)15-21(22)26/h2-10,15,24H,11-14,28H2,1H3/b23-16+. The van der Waals surface area contributed by atoms with Crippen molar-refractivity contribution in [2.24, 2.45) is 5.90 Å². The van der Waals surface area contributed by atoms with Gasteiger partial charge >= 0.3 is 0 Å². The van der Waals surface area contributed by atoms with Crippen LogP contribution in [-0.4, -0.2) is 41.9 Å². The second kappa shape index (κ2) is 10.8. The number of piperazine rings is 1. The first-order chi connectivity index (χ1) is 16.8. The smallest absolute Gasteiger partial charge is 0.271 e. The number of nitrogens with two attached hydrogens (primary N) is 1. The van der Waals surface area contributed by atoms with Gasteiger partial charge in [0, 0.05) is 38.3 Å². The van der Waals surface area contributed by atoms with Crippen LogP contribution in [0.5, 0.6) is 0 Å². The maximum atomic E-state index is 13.7. The molecule has 0 saturated carbocycles. The maximum absolute atomic E-state index is 13.7. The van der Waals surface area contributed by atoms with Crippen molar-refractivity contribution in [1.29, 1.82) is 0 Å². The lowest BCUT2D eigenvalue weighted by Crippen LogP contribution is -2.49. The lowest BCUT2D eigenvalue weighted by atomic mass is 9.97. The average Bonchev–Trinajstić information content (AvgIpc) is 2.88. The third kappa shape index (κ3) is 5.21. The minimum atomic E-state index is -0.474. The Kier molecular flexibility index (Phi) is 7.78. The van der Waals surface area contributed by atoms with Crippen LogP contribution >= 0.6 is 34.2 Å². The molecule has 0 spiro atoms. The number of anilines is 1. The number of benzene rings is 3. The highest BCUT2D eigenvalue weighted by Gasteiger charge is 2.31. The zero-order valence-corrected chi connectivity index (χ0v) is 21.9. The summed E-state index contributed by atoms with van der Waals surface area (Å²) in [6.45, 7) is 3.72. The summed E-state index contributed by atoms with van der Waals surface area (Å²) in [5.74, 6) is 5.76. The molecule has 35 heavy (non-hydrogen) atoms. The lowest BCUT2D eigenvalue weighted by molar-refractivity contribution is -0.384. The van der Waals surface area contributed by atoms with Crippen molar-refractivity contribution in [3.8, 4) is 0 Å². The number of carbonyl (C=O) groups is 1. The summed E-state index contributed by atoms with van der Waals surface area (Å²) in [7, 11) is 0. The maximum Gasteiger partial charge on any atom is 0.271 e. The number of non-ortho nitro benzene ring substituents is 1. The summed E-state index contributed by atoms with van der Waals surface area (Å²) < 4.78 is -0.267. The molecule has 0 radical (unpaired) electrons. The largest absolute Gasteiger partial charge is 0.416 e. The molecule has 1 aliphatic rings. The molecule has 1 unspecified atom stereocenters. The third-order valence-electron chi connectivity index (χ3n) is 6.19. The van der Waals surface area contributed by atoms with Crippen LogP contribution in [0.3, 0.4) is 0 Å². The Hall–Kier alpha value is -2.89. The Morgan fingerprint density at radius 2 is 1.80 bits per heavy atom. The van der Waals surface area contributed by atoms with Crippen molar-refractivity contribution in [3.05, 3.63) is 92.7 Å². The average molecular weight is 607 g/mol. The Labute approximate surface area is 221 Å². The van der Waals surface area contributed by atoms with E-state index < -0.39 is 4.92 Å². The van der Waals surface area contributed by atoms with Gasteiger partial charge in [0.15, 0.2) is 0 Å². The molecule has 3 aromatic rings. The molecule has 1 atom stereocenters. The number of halogens is 2. The monoisotopic (exact) mass is 606 g/mol. The van der Waals surface area contributed by atoms with Crippen molar-refractivity contribution in [3.63, 3.8) is 0 Å². The Balaban J connectivity index is 1.55. The van der Waals surface area contributed by atoms with Crippen LogP contribution < -0.4 is 10.8 Å². The molecule has 1 amide bonds. The van der Waals surface area contributed by atoms with E-state index in [1.165, 1.54) is 12.1 Å². The highest BCUT2D eigenvalue weighted by molar-refractivity contribution is 14.1. The van der Waals surface area contributed by atoms with Crippen LogP contribution in [0.25, 0.3) is 10.8 Å². The van der Waals surface area contributed by atoms with Crippen molar-refractivity contribution in [2.45, 2.75) is 10.8 Å². The number of fused-ring (bicyclic) bond motifs is 1. The SMILES string of the molecule is C/C(ON)=C(\C(=O)N1CCN(c2ccc([N+](=O)[O-])cc2Cl)CC1)C(I)c1cccc2ccccc12. The van der Waals surface area contributed by atoms with Gasteiger partial charge in [0.05, 0.1) is 25.1 Å². The molecular formula is C25H24ClIN4O4. The normalized spacial score (nSPS) is 15.5. The number of nitro benzene ring substituents is 1. The van der Waals surface area contributed by atoms with Crippen LogP contribution in [0, 0.1) is 10.1 Å². The number of hydrogen-bond donors (Lipinski definition) is 1. The first-order valence-electron chi connectivity index (χ1n) is 11.0. The van der Waals surface area contributed by atoms with E-state index in [0.717, 1.165) is 16.3 Å². The van der Waals surface area contributed by atoms with E-state index in [0.29, 0.717) is 48.2 Å². The van der Waals surface area contributed by atoms with Gasteiger partial charge in [-0.15, -0.1) is 0 Å². The third-order valence-corrected chi connectivity index (χ3v) is 7.78. The second-order valence-corrected chi connectivity index (χ2v) is 9.84. The summed E-state index contributed by atoms with van der Waals surface area (Å²) in [6, 6.07) is 18.5. The van der Waals surface area contributed by atoms with Gasteiger partial charge in [0.2, 0.25) is 0 Å². The van der Waals surface area contributed by atoms with Crippen LogP contribution in [0.2, 0.25) is 5.02 Å². The van der Waals surface area contributed by atoms with Crippen LogP contribution in [0.1, 0.15) is 16.4 Å². The molecule has 0 aromatic heterocycles. The fraction of sp³-hybridized carbons (Fsp3) is 0.240. The van der Waals surface area contributed by atoms with E-state index in [2.05, 4.69) is 22.6 Å². The highest BCUT2D eigenvalue weighted by Crippen LogP contribution is 2.38. The Bertz CT molecular complexity index is 1300. The molecule has 1 heterocycles. The van der Waals surface area contributed by atoms with E-state index in [1.807, 2.05) is 47.4 Å². The molecule has 1 saturated heterocycles. The number of hydrogen-bond acceptors (Lipinski definition) is 6. The Morgan fingerprint density at radius 1 is 1.11 bits per heavy atom. The van der Waals surface area contributed by atoms with E-state index >= 15 is 0 Å². The minimum Gasteiger partial charge on any atom is -0.416 e. The van der Waals surface area contributed by atoms with E-state index in [-0.39, 0.29) is 15.5 Å². The van der Waals surface area contributed by atoms with Gasteiger partial charge in [-0.2, -0.15) is 5.90 Å². The van der Waals surface area contributed by atoms with E-state index in [4.69, 9.17) is 22.3 Å². The van der Waals surface area contributed by atoms with Crippen LogP contribution in [0.4, 0.5) is 11.4 Å². The number of carbonyl (C=O) groups excluding carboxylic acids is 1. The summed E-state index contributed by atoms with van der Waals surface area (Å²) >= 11 is 8.58. The molecule has 182 valence electrons. The van der Waals surface area contributed by atoms with Crippen LogP contribution in [-0.2, 0) is 9.63 Å². The molecule has 3 aromatic carbocycles. The summed E-state index contributed by atoms with van der Waals surface area (Å²) in [5, 5.41) is 13.5. The van der Waals surface area contributed by atoms with Gasteiger partial charge in [-0.1, -0.05) is 76.7 Å². The molecule has 0 bridgehead atoms. The summed E-state index contributed by atoms with van der Waals surface area (Å²) in [4.78, 5) is 33.1. The first kappa shape index (κ1) is 25.2. The van der Waals surface area contributed by atoms with Crippen molar-refractivity contribution < 1.29 is 14.6 Å². The van der Waals surface area contributed by atoms with Gasteiger partial charge in [0.1, 0.15) is 5.76 Å². The second-order valence-electron chi connectivity index (χ2n) is 8.19. The topological polar surface area (TPSA) is 102 Å². The molecule has 1 fully saturated rings. The molecule has 8 nitrogen and oxygen atoms in total. The lowest BCUT2D eigenvalue weighted by Gasteiger charge is -2.37. The molecule has 4 rings (SSSR count). The fourth-order valence-electron chi connectivity index (χ4n) is 4.31. The van der Waals surface area contributed by atoms with Gasteiger partial charge in [-0.25, -0.2) is 0 Å². The number of alkyl halides is 1. The van der Waals surface area contributed by atoms with E-state index in [1.54, 1.807) is 17.9 Å². The zero-order valence-electron chi connectivity index (χ0n) is 19.0. The molecule has 10 heteroatoms. The van der Waals surface area contributed by atoms with Gasteiger partial charge in [-0.05, 0) is 29.3 Å². The quantitative estimate of drug-likeness (QED) is 0.101. The fourth-order valence-corrected chi connectivity index (χ4v) is 5.86. The Morgan fingerprint density at radius 3 is 2.46 bits per heavy atom. The van der Waals surface area contributed by atoms with Gasteiger partial charge in [-0.3, -0.25) is 14.9 Å². The van der Waals surface area contributed by atoms with Gasteiger partial charge in [0.25, 0.3) is 11.6 Å². The van der Waals surface area contributed by atoms with Crippen molar-refractivity contribution >= 4 is 62.2 Å². The summed E-state index contributed by atoms with van der Waals surface area (Å²) in [6.07, 6.45) is 0. The predicted molar refractivity (Wildman–Crippen MR) is 146 cm³/mol. The summed E-state index contributed by atoms with van der Waals surface area (Å²) in [5.41, 5.74) is 2.18. The van der Waals surface area contributed by atoms with E-state index in [9.17, 15) is 14.9 Å². The first-order valence-corrected chi connectivity index (χ1v) is 12.6. The highest BCUT2D eigenvalue weighted by atomic mass is 127. The number of nitro groups is 1. The number of allylic oxidation sites excluding steroid dienone is 1. The van der Waals surface area contributed by atoms with Gasteiger partial charge < -0.3 is 14.6 Å². The van der Waals surface area contributed by atoms with Crippen LogP contribution in [0.15, 0.2) is 72.0 Å². The number of nitrogens with zero attached hydrogens (tertiary/aromatic N) is 3. The predicted octanol–water partition coefficient (Wildman–Crippen LogP) is 5.39. The van der Waals surface area contributed by atoms with Crippen molar-refractivity contribution in [2.75, 3.05) is 31.1 Å². The molecule has 1 aliphatic heterocycles. The molecular weight excluding hydrogens is 583 g/mol. The minimum absolute atomic E-state index is 0.0545. The molecule has 2 N–H and O–H groups in total. The molecule has 0 aliphatic carbocycles. The zero-order chi connectivity index (χ0) is 25.1.